The number of carbonyl (C=O) groups excluding carboxylic acids is 2. The molecular formula is C21H40O4. The number of esters is 2. The highest BCUT2D eigenvalue weighted by atomic mass is 16.5. The smallest absolute Gasteiger partial charge is 0.305 e. The third kappa shape index (κ3) is 19.1. The number of rotatable bonds is 17. The minimum absolute atomic E-state index is 0.199. The summed E-state index contributed by atoms with van der Waals surface area (Å²) in [7, 11) is 0. The molecule has 0 saturated carbocycles. The first kappa shape index (κ1) is 23.9. The summed E-state index contributed by atoms with van der Waals surface area (Å²) in [5.74, 6) is 0.227. The molecule has 0 bridgehead atoms. The molecule has 0 fully saturated rings. The minimum Gasteiger partial charge on any atom is -0.466 e. The number of hydrogen-bond donors (Lipinski definition) is 0. The van der Waals surface area contributed by atoms with E-state index >= 15 is 0 Å². The molecule has 0 aliphatic rings. The van der Waals surface area contributed by atoms with Gasteiger partial charge in [0.1, 0.15) is 0 Å². The molecule has 0 radical (unpaired) electrons. The molecular weight excluding hydrogens is 316 g/mol. The van der Waals surface area contributed by atoms with Crippen LogP contribution in [-0.2, 0) is 19.1 Å². The van der Waals surface area contributed by atoms with Gasteiger partial charge in [0.25, 0.3) is 0 Å². The van der Waals surface area contributed by atoms with Crippen molar-refractivity contribution in [3.8, 4) is 0 Å². The van der Waals surface area contributed by atoms with E-state index in [0.29, 0.717) is 38.4 Å². The first-order valence-corrected chi connectivity index (χ1v) is 10.4. The molecule has 0 unspecified atom stereocenters. The standard InChI is InChI=1S/C21H40O4/c1-4-5-6-7-8-9-10-11-17-24-20(22)15-12-16-21(23)25-18-13-14-19(2)3/h19H,4-18H2,1-3H3. The van der Waals surface area contributed by atoms with Gasteiger partial charge in [0.2, 0.25) is 0 Å². The van der Waals surface area contributed by atoms with Crippen molar-refractivity contribution in [2.24, 2.45) is 5.92 Å². The second-order valence-electron chi connectivity index (χ2n) is 7.31. The average Bonchev–Trinajstić information content (AvgIpc) is 2.57. The van der Waals surface area contributed by atoms with Crippen molar-refractivity contribution in [3.05, 3.63) is 0 Å². The normalized spacial score (nSPS) is 10.9. The molecule has 4 nitrogen and oxygen atoms in total. The SMILES string of the molecule is CCCCCCCCCCOC(=O)CCCC(=O)OCCCC(C)C. The van der Waals surface area contributed by atoms with Crippen molar-refractivity contribution < 1.29 is 19.1 Å². The summed E-state index contributed by atoms with van der Waals surface area (Å²) < 4.78 is 10.3. The third-order valence-electron chi connectivity index (χ3n) is 4.21. The van der Waals surface area contributed by atoms with Crippen LogP contribution >= 0.6 is 0 Å². The van der Waals surface area contributed by atoms with Gasteiger partial charge in [0.15, 0.2) is 0 Å². The molecule has 0 saturated heterocycles. The maximum absolute atomic E-state index is 11.6. The molecule has 0 rings (SSSR count). The lowest BCUT2D eigenvalue weighted by atomic mass is 10.1. The van der Waals surface area contributed by atoms with Crippen molar-refractivity contribution in [3.63, 3.8) is 0 Å². The van der Waals surface area contributed by atoms with Gasteiger partial charge in [-0.25, -0.2) is 0 Å². The Kier molecular flexibility index (Phi) is 17.0. The lowest BCUT2D eigenvalue weighted by Crippen LogP contribution is -2.09. The topological polar surface area (TPSA) is 52.6 Å². The van der Waals surface area contributed by atoms with Crippen LogP contribution in [0.2, 0.25) is 0 Å². The zero-order valence-electron chi connectivity index (χ0n) is 16.8. The maximum Gasteiger partial charge on any atom is 0.305 e. The fourth-order valence-corrected chi connectivity index (χ4v) is 2.62. The van der Waals surface area contributed by atoms with Gasteiger partial charge in [-0.3, -0.25) is 9.59 Å². The van der Waals surface area contributed by atoms with Crippen molar-refractivity contribution in [2.45, 2.75) is 104 Å². The van der Waals surface area contributed by atoms with Crippen molar-refractivity contribution in [2.75, 3.05) is 13.2 Å². The Balaban J connectivity index is 3.34. The Morgan fingerprint density at radius 3 is 1.68 bits per heavy atom. The summed E-state index contributed by atoms with van der Waals surface area (Å²) in [4.78, 5) is 23.1. The average molecular weight is 357 g/mol. The largest absolute Gasteiger partial charge is 0.466 e. The molecule has 0 aliphatic carbocycles. The lowest BCUT2D eigenvalue weighted by Gasteiger charge is -2.07. The van der Waals surface area contributed by atoms with Gasteiger partial charge in [-0.2, -0.15) is 0 Å². The minimum atomic E-state index is -0.209. The number of ether oxygens (including phenoxy) is 2. The molecule has 0 aromatic heterocycles. The highest BCUT2D eigenvalue weighted by Crippen LogP contribution is 2.09. The molecule has 148 valence electrons. The van der Waals surface area contributed by atoms with Gasteiger partial charge in [-0.05, 0) is 31.6 Å². The second kappa shape index (κ2) is 17.8. The van der Waals surface area contributed by atoms with E-state index in [2.05, 4.69) is 20.8 Å². The Bertz CT molecular complexity index is 326. The van der Waals surface area contributed by atoms with Crippen LogP contribution in [0.5, 0.6) is 0 Å². The van der Waals surface area contributed by atoms with Gasteiger partial charge in [0.05, 0.1) is 13.2 Å². The quantitative estimate of drug-likeness (QED) is 0.243. The molecule has 0 heterocycles. The summed E-state index contributed by atoms with van der Waals surface area (Å²) >= 11 is 0. The molecule has 0 N–H and O–H groups in total. The van der Waals surface area contributed by atoms with E-state index in [1.807, 2.05) is 0 Å². The molecule has 0 amide bonds. The van der Waals surface area contributed by atoms with Gasteiger partial charge >= 0.3 is 11.9 Å². The zero-order valence-corrected chi connectivity index (χ0v) is 16.8. The zero-order chi connectivity index (χ0) is 18.8. The van der Waals surface area contributed by atoms with Crippen molar-refractivity contribution in [1.29, 1.82) is 0 Å². The van der Waals surface area contributed by atoms with Crippen LogP contribution < -0.4 is 0 Å². The van der Waals surface area contributed by atoms with Crippen LogP contribution in [0.25, 0.3) is 0 Å². The molecule has 0 atom stereocenters. The van der Waals surface area contributed by atoms with E-state index in [4.69, 9.17) is 9.47 Å². The fraction of sp³-hybridized carbons (Fsp3) is 0.905. The molecule has 4 heteroatoms. The summed E-state index contributed by atoms with van der Waals surface area (Å²) in [6.07, 6.45) is 13.0. The summed E-state index contributed by atoms with van der Waals surface area (Å²) in [5.41, 5.74) is 0. The summed E-state index contributed by atoms with van der Waals surface area (Å²) in [6, 6.07) is 0. The van der Waals surface area contributed by atoms with Crippen LogP contribution in [0.15, 0.2) is 0 Å². The van der Waals surface area contributed by atoms with Crippen molar-refractivity contribution in [1.82, 2.24) is 0 Å². The lowest BCUT2D eigenvalue weighted by molar-refractivity contribution is -0.145. The molecule has 0 aromatic rings. The Morgan fingerprint density at radius 2 is 1.16 bits per heavy atom. The van der Waals surface area contributed by atoms with Crippen LogP contribution in [0.1, 0.15) is 104 Å². The van der Waals surface area contributed by atoms with Gasteiger partial charge in [0, 0.05) is 12.8 Å². The van der Waals surface area contributed by atoms with Crippen molar-refractivity contribution >= 4 is 11.9 Å². The predicted molar refractivity (Wildman–Crippen MR) is 102 cm³/mol. The number of carbonyl (C=O) groups is 2. The highest BCUT2D eigenvalue weighted by molar-refractivity contribution is 5.72. The Hall–Kier alpha value is -1.06. The monoisotopic (exact) mass is 356 g/mol. The van der Waals surface area contributed by atoms with E-state index in [1.165, 1.54) is 38.5 Å². The Labute approximate surface area is 155 Å². The van der Waals surface area contributed by atoms with Gasteiger partial charge in [-0.1, -0.05) is 65.7 Å². The Morgan fingerprint density at radius 1 is 0.680 bits per heavy atom. The summed E-state index contributed by atoms with van der Waals surface area (Å²) in [6.45, 7) is 7.53. The van der Waals surface area contributed by atoms with Gasteiger partial charge in [-0.15, -0.1) is 0 Å². The van der Waals surface area contributed by atoms with E-state index in [0.717, 1.165) is 25.7 Å². The molecule has 0 spiro atoms. The van der Waals surface area contributed by atoms with Gasteiger partial charge < -0.3 is 9.47 Å². The molecule has 0 aromatic carbocycles. The third-order valence-corrected chi connectivity index (χ3v) is 4.21. The molecule has 25 heavy (non-hydrogen) atoms. The van der Waals surface area contributed by atoms with Crippen LogP contribution in [0.4, 0.5) is 0 Å². The maximum atomic E-state index is 11.6. The number of hydrogen-bond acceptors (Lipinski definition) is 4. The van der Waals surface area contributed by atoms with Crippen LogP contribution in [-0.4, -0.2) is 25.2 Å². The van der Waals surface area contributed by atoms with Crippen LogP contribution in [0.3, 0.4) is 0 Å². The number of unbranched alkanes of at least 4 members (excludes halogenated alkanes) is 7. The second-order valence-corrected chi connectivity index (χ2v) is 7.31. The highest BCUT2D eigenvalue weighted by Gasteiger charge is 2.07. The van der Waals surface area contributed by atoms with E-state index in [1.54, 1.807) is 0 Å². The van der Waals surface area contributed by atoms with Crippen LogP contribution in [0, 0.1) is 5.92 Å². The predicted octanol–water partition coefficient (Wildman–Crippen LogP) is 5.82. The van der Waals surface area contributed by atoms with E-state index in [-0.39, 0.29) is 11.9 Å². The fourth-order valence-electron chi connectivity index (χ4n) is 2.62. The van der Waals surface area contributed by atoms with E-state index < -0.39 is 0 Å². The first-order chi connectivity index (χ1) is 12.1. The molecule has 0 aliphatic heterocycles. The first-order valence-electron chi connectivity index (χ1n) is 10.4. The van der Waals surface area contributed by atoms with E-state index in [9.17, 15) is 9.59 Å². The summed E-state index contributed by atoms with van der Waals surface area (Å²) in [5, 5.41) is 0.